The molecule has 3 rings (SSSR count). The Hall–Kier alpha value is -2.66. The molecular weight excluding hydrogens is 288 g/mol. The van der Waals surface area contributed by atoms with Crippen LogP contribution in [-0.2, 0) is 0 Å². The zero-order chi connectivity index (χ0) is 14.7. The molecule has 0 spiro atoms. The third-order valence-electron chi connectivity index (χ3n) is 2.90. The van der Waals surface area contributed by atoms with Crippen molar-refractivity contribution in [1.29, 1.82) is 0 Å². The molecule has 0 aliphatic rings. The number of hydrogen-bond donors (Lipinski definition) is 1. The minimum Gasteiger partial charge on any atom is -0.322 e. The van der Waals surface area contributed by atoms with Crippen LogP contribution >= 0.6 is 11.6 Å². The number of hydrogen-bond acceptors (Lipinski definition) is 3. The van der Waals surface area contributed by atoms with Crippen LogP contribution in [0.3, 0.4) is 0 Å². The SMILES string of the molecule is O=C(Nc1ccc(-n2cncn2)cc1)c1cccc(Cl)c1. The fraction of sp³-hybridized carbons (Fsp3) is 0. The number of benzene rings is 2. The van der Waals surface area contributed by atoms with E-state index < -0.39 is 0 Å². The lowest BCUT2D eigenvalue weighted by atomic mass is 10.2. The highest BCUT2D eigenvalue weighted by Gasteiger charge is 2.06. The molecule has 0 atom stereocenters. The number of nitrogens with one attached hydrogen (secondary N) is 1. The zero-order valence-corrected chi connectivity index (χ0v) is 11.7. The van der Waals surface area contributed by atoms with Crippen molar-refractivity contribution in [2.24, 2.45) is 0 Å². The van der Waals surface area contributed by atoms with Crippen LogP contribution < -0.4 is 5.32 Å². The quantitative estimate of drug-likeness (QED) is 0.808. The van der Waals surface area contributed by atoms with Crippen LogP contribution in [0.1, 0.15) is 10.4 Å². The van der Waals surface area contributed by atoms with Gasteiger partial charge >= 0.3 is 0 Å². The molecule has 5 nitrogen and oxygen atoms in total. The average Bonchev–Trinajstić information content (AvgIpc) is 3.02. The highest BCUT2D eigenvalue weighted by Crippen LogP contribution is 2.15. The second-order valence-corrected chi connectivity index (χ2v) is 4.79. The molecule has 1 amide bonds. The normalized spacial score (nSPS) is 10.3. The Morgan fingerprint density at radius 1 is 1.14 bits per heavy atom. The van der Waals surface area contributed by atoms with Crippen molar-refractivity contribution in [3.63, 3.8) is 0 Å². The van der Waals surface area contributed by atoms with E-state index in [0.717, 1.165) is 5.69 Å². The number of aromatic nitrogens is 3. The topological polar surface area (TPSA) is 59.8 Å². The van der Waals surface area contributed by atoms with Gasteiger partial charge in [0.1, 0.15) is 12.7 Å². The minimum atomic E-state index is -0.203. The van der Waals surface area contributed by atoms with Crippen molar-refractivity contribution in [3.8, 4) is 5.69 Å². The molecule has 6 heteroatoms. The van der Waals surface area contributed by atoms with Crippen LogP contribution in [0.4, 0.5) is 5.69 Å². The van der Waals surface area contributed by atoms with E-state index in [1.54, 1.807) is 47.4 Å². The molecule has 0 saturated heterocycles. The Morgan fingerprint density at radius 2 is 1.95 bits per heavy atom. The van der Waals surface area contributed by atoms with Gasteiger partial charge in [0.05, 0.1) is 5.69 Å². The summed E-state index contributed by atoms with van der Waals surface area (Å²) in [5.74, 6) is -0.203. The lowest BCUT2D eigenvalue weighted by molar-refractivity contribution is 0.102. The van der Waals surface area contributed by atoms with Crippen LogP contribution in [0, 0.1) is 0 Å². The molecule has 0 unspecified atom stereocenters. The maximum Gasteiger partial charge on any atom is 0.255 e. The number of carbonyl (C=O) groups is 1. The van der Waals surface area contributed by atoms with E-state index in [0.29, 0.717) is 16.3 Å². The number of rotatable bonds is 3. The molecule has 1 aromatic heterocycles. The van der Waals surface area contributed by atoms with Crippen LogP contribution in [0.15, 0.2) is 61.2 Å². The van der Waals surface area contributed by atoms with Gasteiger partial charge in [-0.1, -0.05) is 17.7 Å². The zero-order valence-electron chi connectivity index (χ0n) is 10.9. The Kier molecular flexibility index (Phi) is 3.66. The summed E-state index contributed by atoms with van der Waals surface area (Å²) >= 11 is 5.87. The molecule has 0 saturated carbocycles. The molecule has 0 aliphatic heterocycles. The number of amides is 1. The molecule has 104 valence electrons. The molecule has 3 aromatic rings. The van der Waals surface area contributed by atoms with Gasteiger partial charge in [-0.3, -0.25) is 4.79 Å². The summed E-state index contributed by atoms with van der Waals surface area (Å²) in [6.45, 7) is 0. The predicted molar refractivity (Wildman–Crippen MR) is 80.8 cm³/mol. The maximum absolute atomic E-state index is 12.1. The highest BCUT2D eigenvalue weighted by atomic mass is 35.5. The van der Waals surface area contributed by atoms with E-state index in [4.69, 9.17) is 11.6 Å². The van der Waals surface area contributed by atoms with Crippen molar-refractivity contribution in [3.05, 3.63) is 71.8 Å². The first-order valence-corrected chi connectivity index (χ1v) is 6.62. The van der Waals surface area contributed by atoms with Gasteiger partial charge in [-0.15, -0.1) is 0 Å². The molecule has 2 aromatic carbocycles. The molecule has 21 heavy (non-hydrogen) atoms. The van der Waals surface area contributed by atoms with E-state index in [-0.39, 0.29) is 5.91 Å². The van der Waals surface area contributed by atoms with E-state index in [1.165, 1.54) is 6.33 Å². The average molecular weight is 299 g/mol. The second-order valence-electron chi connectivity index (χ2n) is 4.35. The number of anilines is 1. The Balaban J connectivity index is 1.75. The fourth-order valence-corrected chi connectivity index (χ4v) is 2.06. The first kappa shape index (κ1) is 13.3. The molecular formula is C15H11ClN4O. The van der Waals surface area contributed by atoms with Crippen molar-refractivity contribution < 1.29 is 4.79 Å². The van der Waals surface area contributed by atoms with Gasteiger partial charge in [-0.25, -0.2) is 9.67 Å². The summed E-state index contributed by atoms with van der Waals surface area (Å²) in [5.41, 5.74) is 2.08. The fourth-order valence-electron chi connectivity index (χ4n) is 1.87. The van der Waals surface area contributed by atoms with E-state index in [9.17, 15) is 4.79 Å². The lowest BCUT2D eigenvalue weighted by Gasteiger charge is -2.07. The van der Waals surface area contributed by atoms with Crippen molar-refractivity contribution in [1.82, 2.24) is 14.8 Å². The Morgan fingerprint density at radius 3 is 2.62 bits per heavy atom. The largest absolute Gasteiger partial charge is 0.322 e. The molecule has 1 N–H and O–H groups in total. The summed E-state index contributed by atoms with van der Waals surface area (Å²) in [6, 6.07) is 14.1. The molecule has 0 radical (unpaired) electrons. The van der Waals surface area contributed by atoms with Crippen LogP contribution in [-0.4, -0.2) is 20.7 Å². The minimum absolute atomic E-state index is 0.203. The van der Waals surface area contributed by atoms with Crippen molar-refractivity contribution in [2.75, 3.05) is 5.32 Å². The third-order valence-corrected chi connectivity index (χ3v) is 3.13. The molecule has 0 bridgehead atoms. The maximum atomic E-state index is 12.1. The van der Waals surface area contributed by atoms with Crippen molar-refractivity contribution in [2.45, 2.75) is 0 Å². The van der Waals surface area contributed by atoms with Gasteiger partial charge in [0, 0.05) is 16.3 Å². The first-order valence-electron chi connectivity index (χ1n) is 6.24. The van der Waals surface area contributed by atoms with E-state index in [2.05, 4.69) is 15.4 Å². The molecule has 0 aliphatic carbocycles. The van der Waals surface area contributed by atoms with Crippen LogP contribution in [0.5, 0.6) is 0 Å². The van der Waals surface area contributed by atoms with Crippen LogP contribution in [0.25, 0.3) is 5.69 Å². The number of nitrogens with zero attached hydrogens (tertiary/aromatic N) is 3. The predicted octanol–water partition coefficient (Wildman–Crippen LogP) is 3.17. The summed E-state index contributed by atoms with van der Waals surface area (Å²) < 4.78 is 1.64. The van der Waals surface area contributed by atoms with Gasteiger partial charge < -0.3 is 5.32 Å². The number of carbonyl (C=O) groups excluding carboxylic acids is 1. The summed E-state index contributed by atoms with van der Waals surface area (Å²) in [4.78, 5) is 16.0. The monoisotopic (exact) mass is 298 g/mol. The summed E-state index contributed by atoms with van der Waals surface area (Å²) in [7, 11) is 0. The van der Waals surface area contributed by atoms with Gasteiger partial charge in [-0.2, -0.15) is 5.10 Å². The van der Waals surface area contributed by atoms with Gasteiger partial charge in [0.25, 0.3) is 5.91 Å². The molecule has 0 fully saturated rings. The smallest absolute Gasteiger partial charge is 0.255 e. The summed E-state index contributed by atoms with van der Waals surface area (Å²) in [5, 5.41) is 7.38. The number of halogens is 1. The third kappa shape index (κ3) is 3.09. The van der Waals surface area contributed by atoms with Gasteiger partial charge in [0.15, 0.2) is 0 Å². The van der Waals surface area contributed by atoms with E-state index >= 15 is 0 Å². The van der Waals surface area contributed by atoms with Crippen molar-refractivity contribution >= 4 is 23.2 Å². The Labute approximate surface area is 126 Å². The Bertz CT molecular complexity index is 754. The van der Waals surface area contributed by atoms with Crippen LogP contribution in [0.2, 0.25) is 5.02 Å². The van der Waals surface area contributed by atoms with Gasteiger partial charge in [-0.05, 0) is 42.5 Å². The standard InChI is InChI=1S/C15H11ClN4O/c16-12-3-1-2-11(8-12)15(21)19-13-4-6-14(7-5-13)20-10-17-9-18-20/h1-10H,(H,19,21). The second kappa shape index (κ2) is 5.76. The lowest BCUT2D eigenvalue weighted by Crippen LogP contribution is -2.11. The highest BCUT2D eigenvalue weighted by molar-refractivity contribution is 6.31. The van der Waals surface area contributed by atoms with Gasteiger partial charge in [0.2, 0.25) is 0 Å². The summed E-state index contributed by atoms with van der Waals surface area (Å²) in [6.07, 6.45) is 3.08. The van der Waals surface area contributed by atoms with E-state index in [1.807, 2.05) is 12.1 Å². The first-order chi connectivity index (χ1) is 10.2. The molecule has 1 heterocycles.